The Hall–Kier alpha value is -4.35. The zero-order valence-electron chi connectivity index (χ0n) is 29.0. The molecule has 5 rings (SSSR count). The van der Waals surface area contributed by atoms with Crippen LogP contribution in [0.1, 0.15) is 63.1 Å². The average molecular weight is 726 g/mol. The molecule has 2 heterocycles. The molecule has 2 aliphatic heterocycles. The first kappa shape index (κ1) is 37.9. The van der Waals surface area contributed by atoms with Gasteiger partial charge in [-0.1, -0.05) is 54.1 Å². The topological polar surface area (TPSA) is 99.2 Å². The zero-order chi connectivity index (χ0) is 36.9. The summed E-state index contributed by atoms with van der Waals surface area (Å²) in [7, 11) is 0. The number of benzene rings is 3. The summed E-state index contributed by atoms with van der Waals surface area (Å²) >= 11 is 6.47. The molecule has 0 spiro atoms. The second kappa shape index (κ2) is 16.3. The third-order valence-corrected chi connectivity index (χ3v) is 10.0. The first-order valence-corrected chi connectivity index (χ1v) is 17.5. The number of aryl methyl sites for hydroxylation is 1. The molecule has 2 aliphatic rings. The van der Waals surface area contributed by atoms with Gasteiger partial charge >= 0.3 is 5.97 Å². The van der Waals surface area contributed by atoms with Crippen LogP contribution in [-0.4, -0.2) is 71.0 Å². The second-order valence-electron chi connectivity index (χ2n) is 13.7. The van der Waals surface area contributed by atoms with Gasteiger partial charge < -0.3 is 25.0 Å². The quantitative estimate of drug-likeness (QED) is 0.137. The number of piperazine rings is 1. The Bertz CT molecular complexity index is 1800. The van der Waals surface area contributed by atoms with E-state index in [1.807, 2.05) is 49.4 Å². The molecule has 2 unspecified atom stereocenters. The van der Waals surface area contributed by atoms with Gasteiger partial charge in [0.15, 0.2) is 17.4 Å². The van der Waals surface area contributed by atoms with Crippen LogP contribution in [0.2, 0.25) is 5.02 Å². The maximum Gasteiger partial charge on any atom is 0.309 e. The lowest BCUT2D eigenvalue weighted by atomic mass is 9.82. The maximum absolute atomic E-state index is 14.5. The van der Waals surface area contributed by atoms with E-state index in [4.69, 9.17) is 16.3 Å². The van der Waals surface area contributed by atoms with E-state index < -0.39 is 40.6 Å². The van der Waals surface area contributed by atoms with Crippen molar-refractivity contribution in [3.63, 3.8) is 0 Å². The molecule has 2 bridgehead atoms. The predicted molar refractivity (Wildman–Crippen MR) is 189 cm³/mol. The second-order valence-corrected chi connectivity index (χ2v) is 14.1. The summed E-state index contributed by atoms with van der Waals surface area (Å²) in [6.45, 7) is 6.52. The fraction of sp³-hybridized carbons (Fsp3) is 0.410. The smallest absolute Gasteiger partial charge is 0.309 e. The monoisotopic (exact) mass is 725 g/mol. The Morgan fingerprint density at radius 3 is 2.41 bits per heavy atom. The van der Waals surface area contributed by atoms with Crippen molar-refractivity contribution in [2.75, 3.05) is 26.2 Å². The Kier molecular flexibility index (Phi) is 12.1. The average Bonchev–Trinajstić information content (AvgIpc) is 3.11. The fourth-order valence-electron chi connectivity index (χ4n) is 6.55. The number of rotatable bonds is 14. The summed E-state index contributed by atoms with van der Waals surface area (Å²) in [4.78, 5) is 43.0. The van der Waals surface area contributed by atoms with E-state index in [-0.39, 0.29) is 43.8 Å². The number of carbonyl (C=O) groups excluding carboxylic acids is 2. The van der Waals surface area contributed by atoms with Crippen molar-refractivity contribution in [2.24, 2.45) is 5.41 Å². The summed E-state index contributed by atoms with van der Waals surface area (Å²) in [6.07, 6.45) is 1.74. The molecule has 2 amide bonds. The minimum absolute atomic E-state index is 0.0147. The highest BCUT2D eigenvalue weighted by molar-refractivity contribution is 6.31. The number of carboxylic acid groups (broad SMARTS) is 1. The van der Waals surface area contributed by atoms with Crippen LogP contribution in [0, 0.1) is 22.9 Å². The van der Waals surface area contributed by atoms with Crippen LogP contribution in [0.25, 0.3) is 5.57 Å². The van der Waals surface area contributed by atoms with E-state index in [1.165, 1.54) is 0 Å². The fourth-order valence-corrected chi connectivity index (χ4v) is 6.74. The van der Waals surface area contributed by atoms with Crippen molar-refractivity contribution in [1.29, 1.82) is 0 Å². The highest BCUT2D eigenvalue weighted by Gasteiger charge is 2.41. The number of amides is 2. The molecule has 51 heavy (non-hydrogen) atoms. The molecule has 3 aromatic rings. The number of nitrogens with one attached hydrogen (secondary N) is 1. The summed E-state index contributed by atoms with van der Waals surface area (Å²) in [5.41, 5.74) is 3.05. The van der Waals surface area contributed by atoms with Gasteiger partial charge in [-0.05, 0) is 86.9 Å². The Balaban J connectivity index is 1.37. The van der Waals surface area contributed by atoms with Crippen LogP contribution in [-0.2, 0) is 27.3 Å². The number of carbonyl (C=O) groups is 3. The van der Waals surface area contributed by atoms with E-state index in [2.05, 4.69) is 5.32 Å². The normalized spacial score (nSPS) is 17.4. The number of halogens is 4. The highest BCUT2D eigenvalue weighted by atomic mass is 35.5. The highest BCUT2D eigenvalue weighted by Crippen LogP contribution is 2.35. The summed E-state index contributed by atoms with van der Waals surface area (Å²) < 4.78 is 46.6. The number of likely N-dealkylation sites (N-methyl/N-ethyl adjacent to an activating group) is 1. The van der Waals surface area contributed by atoms with Crippen LogP contribution in [0.4, 0.5) is 13.2 Å². The molecule has 0 saturated carbocycles. The molecule has 12 heteroatoms. The van der Waals surface area contributed by atoms with E-state index in [1.54, 1.807) is 29.7 Å². The first-order chi connectivity index (χ1) is 24.3. The van der Waals surface area contributed by atoms with E-state index >= 15 is 0 Å². The van der Waals surface area contributed by atoms with Gasteiger partial charge in [-0.25, -0.2) is 8.78 Å². The van der Waals surface area contributed by atoms with Crippen LogP contribution < -0.4 is 10.1 Å². The Labute approximate surface area is 301 Å². The molecule has 272 valence electrons. The van der Waals surface area contributed by atoms with Gasteiger partial charge in [-0.3, -0.25) is 14.4 Å². The molecule has 0 aliphatic carbocycles. The largest absolute Gasteiger partial charge is 0.488 e. The van der Waals surface area contributed by atoms with Gasteiger partial charge in [0.05, 0.1) is 18.1 Å². The minimum Gasteiger partial charge on any atom is -0.488 e. The van der Waals surface area contributed by atoms with Crippen LogP contribution in [0.15, 0.2) is 66.2 Å². The van der Waals surface area contributed by atoms with E-state index in [0.717, 1.165) is 28.3 Å². The van der Waals surface area contributed by atoms with Crippen molar-refractivity contribution < 1.29 is 37.4 Å². The zero-order valence-corrected chi connectivity index (χ0v) is 29.7. The van der Waals surface area contributed by atoms with Crippen molar-refractivity contribution in [2.45, 2.75) is 71.5 Å². The van der Waals surface area contributed by atoms with Crippen LogP contribution in [0.5, 0.6) is 5.75 Å². The number of carboxylic acids is 1. The lowest BCUT2D eigenvalue weighted by molar-refractivity contribution is -0.148. The number of nitrogens with zero attached hydrogens (tertiary/aromatic N) is 2. The molecule has 0 radical (unpaired) electrons. The third kappa shape index (κ3) is 8.94. The number of hydrogen-bond acceptors (Lipinski definition) is 5. The molecule has 1 saturated heterocycles. The van der Waals surface area contributed by atoms with Crippen molar-refractivity contribution in [3.05, 3.63) is 105 Å². The van der Waals surface area contributed by atoms with Gasteiger partial charge in [0, 0.05) is 49.2 Å². The number of fused-ring (bicyclic) bond motifs is 2. The molecular weight excluding hydrogens is 683 g/mol. The number of hydrogen-bond donors (Lipinski definition) is 2. The molecular formula is C39H43ClF3N3O5. The maximum atomic E-state index is 14.5. The summed E-state index contributed by atoms with van der Waals surface area (Å²) in [5.74, 6) is -5.50. The van der Waals surface area contributed by atoms with E-state index in [0.29, 0.717) is 55.6 Å². The summed E-state index contributed by atoms with van der Waals surface area (Å²) in [6, 6.07) is 16.1. The molecule has 0 aromatic heterocycles. The first-order valence-electron chi connectivity index (χ1n) is 17.2. The number of ether oxygens (including phenoxy) is 1. The standard InChI is InChI=1S/C39H43ClF3N3O5/c1-4-45(21-26-9-5-6-10-29(26)40)37(48)34-28(20-27-22-46(23-32(34)44-27)33(47)17-18-39(2,3)38(49)50)25-13-11-24(12-14-25)8-7-19-51-36-31(42)16-15-30(41)35(36)43/h5-6,9-16,27,32,44H,4,7-8,17-23H2,1-3H3,(H,49,50). The Morgan fingerprint density at radius 2 is 1.73 bits per heavy atom. The molecule has 2 atom stereocenters. The van der Waals surface area contributed by atoms with Gasteiger partial charge in [-0.15, -0.1) is 0 Å². The third-order valence-electron chi connectivity index (χ3n) is 9.68. The van der Waals surface area contributed by atoms with Crippen molar-refractivity contribution >= 4 is 35.0 Å². The van der Waals surface area contributed by atoms with Crippen LogP contribution in [0.3, 0.4) is 0 Å². The SMILES string of the molecule is CCN(Cc1ccccc1Cl)C(=O)C1=C(c2ccc(CCCOc3c(F)ccc(F)c3F)cc2)CC2CN(C(=O)CCC(C)(C)C(=O)O)CC1N2. The van der Waals surface area contributed by atoms with Crippen LogP contribution >= 0.6 is 11.6 Å². The van der Waals surface area contributed by atoms with Gasteiger partial charge in [0.1, 0.15) is 0 Å². The molecule has 3 aromatic carbocycles. The molecule has 8 nitrogen and oxygen atoms in total. The predicted octanol–water partition coefficient (Wildman–Crippen LogP) is 7.03. The minimum atomic E-state index is -1.35. The lowest BCUT2D eigenvalue weighted by Crippen LogP contribution is -2.62. The number of aliphatic carboxylic acids is 1. The molecule has 2 N–H and O–H groups in total. The van der Waals surface area contributed by atoms with Crippen molar-refractivity contribution in [3.8, 4) is 5.75 Å². The van der Waals surface area contributed by atoms with Gasteiger partial charge in [0.2, 0.25) is 11.7 Å². The van der Waals surface area contributed by atoms with E-state index in [9.17, 15) is 32.7 Å². The Morgan fingerprint density at radius 1 is 1.02 bits per heavy atom. The summed E-state index contributed by atoms with van der Waals surface area (Å²) in [5, 5.41) is 13.7. The van der Waals surface area contributed by atoms with Gasteiger partial charge in [-0.2, -0.15) is 4.39 Å². The van der Waals surface area contributed by atoms with Crippen molar-refractivity contribution in [1.82, 2.24) is 15.1 Å². The molecule has 1 fully saturated rings. The lowest BCUT2D eigenvalue weighted by Gasteiger charge is -2.45. The van der Waals surface area contributed by atoms with Gasteiger partial charge in [0.25, 0.3) is 5.91 Å².